The van der Waals surface area contributed by atoms with Gasteiger partial charge >= 0.3 is 0 Å². The number of rotatable bonds is 2. The number of aromatic nitrogens is 2. The van der Waals surface area contributed by atoms with Gasteiger partial charge in [-0.05, 0) is 50.6 Å². The number of benzene rings is 1. The molecule has 0 radical (unpaired) electrons. The number of piperidine rings is 1. The molecule has 1 aliphatic heterocycles. The molecular weight excluding hydrogens is 241 g/mol. The van der Waals surface area contributed by atoms with Crippen LogP contribution in [-0.4, -0.2) is 22.6 Å². The van der Waals surface area contributed by atoms with Crippen LogP contribution in [-0.2, 0) is 0 Å². The molecule has 0 bridgehead atoms. The Balaban J connectivity index is 2.01. The smallest absolute Gasteiger partial charge is 0.125 e. The molecule has 3 rings (SSSR count). The third-order valence-electron chi connectivity index (χ3n) is 3.86. The number of halogens is 1. The highest BCUT2D eigenvalue weighted by Crippen LogP contribution is 2.28. The van der Waals surface area contributed by atoms with Crippen molar-refractivity contribution in [3.8, 4) is 5.69 Å². The Bertz CT molecular complexity index is 571. The van der Waals surface area contributed by atoms with Gasteiger partial charge < -0.3 is 9.88 Å². The van der Waals surface area contributed by atoms with Gasteiger partial charge in [0, 0.05) is 17.8 Å². The Morgan fingerprint density at radius 2 is 2.11 bits per heavy atom. The summed E-state index contributed by atoms with van der Waals surface area (Å²) < 4.78 is 15.5. The topological polar surface area (TPSA) is 29.9 Å². The van der Waals surface area contributed by atoms with Crippen molar-refractivity contribution < 1.29 is 4.39 Å². The van der Waals surface area contributed by atoms with Gasteiger partial charge in [0.1, 0.15) is 5.82 Å². The third kappa shape index (κ3) is 2.40. The van der Waals surface area contributed by atoms with Crippen LogP contribution in [0.4, 0.5) is 4.39 Å². The first-order valence-corrected chi connectivity index (χ1v) is 6.75. The fourth-order valence-electron chi connectivity index (χ4n) is 2.77. The zero-order valence-corrected chi connectivity index (χ0v) is 11.1. The molecule has 1 aliphatic rings. The first-order valence-electron chi connectivity index (χ1n) is 6.75. The predicted molar refractivity (Wildman–Crippen MR) is 73.1 cm³/mol. The summed E-state index contributed by atoms with van der Waals surface area (Å²) in [5, 5.41) is 3.37. The Morgan fingerprint density at radius 1 is 1.32 bits per heavy atom. The standard InChI is InChI=1S/C15H18FN3/c1-11-2-3-13(16)8-14(11)19-10-18-9-15(19)12-4-6-17-7-5-12/h2-3,8-10,12,17H,4-7H2,1H3. The van der Waals surface area contributed by atoms with E-state index in [4.69, 9.17) is 0 Å². The van der Waals surface area contributed by atoms with Crippen LogP contribution in [0.5, 0.6) is 0 Å². The van der Waals surface area contributed by atoms with Gasteiger partial charge in [0.25, 0.3) is 0 Å². The van der Waals surface area contributed by atoms with Crippen LogP contribution in [0.25, 0.3) is 5.69 Å². The fourth-order valence-corrected chi connectivity index (χ4v) is 2.77. The first-order chi connectivity index (χ1) is 9.25. The number of hydrogen-bond donors (Lipinski definition) is 1. The maximum Gasteiger partial charge on any atom is 0.125 e. The molecule has 1 aromatic carbocycles. The van der Waals surface area contributed by atoms with Crippen molar-refractivity contribution in [2.24, 2.45) is 0 Å². The molecule has 100 valence electrons. The molecule has 0 atom stereocenters. The van der Waals surface area contributed by atoms with Crippen LogP contribution >= 0.6 is 0 Å². The van der Waals surface area contributed by atoms with Crippen LogP contribution < -0.4 is 5.32 Å². The average molecular weight is 259 g/mol. The van der Waals surface area contributed by atoms with Gasteiger partial charge in [-0.3, -0.25) is 0 Å². The van der Waals surface area contributed by atoms with Gasteiger partial charge in [-0.15, -0.1) is 0 Å². The molecule has 3 nitrogen and oxygen atoms in total. The number of imidazole rings is 1. The summed E-state index contributed by atoms with van der Waals surface area (Å²) in [6.45, 7) is 4.08. The molecule has 19 heavy (non-hydrogen) atoms. The lowest BCUT2D eigenvalue weighted by atomic mass is 9.94. The van der Waals surface area contributed by atoms with Gasteiger partial charge in [0.2, 0.25) is 0 Å². The highest BCUT2D eigenvalue weighted by atomic mass is 19.1. The molecule has 2 aromatic rings. The van der Waals surface area contributed by atoms with Crippen LogP contribution in [0, 0.1) is 12.7 Å². The van der Waals surface area contributed by atoms with E-state index in [0.717, 1.165) is 37.2 Å². The lowest BCUT2D eigenvalue weighted by Crippen LogP contribution is -2.27. The summed E-state index contributed by atoms with van der Waals surface area (Å²) in [6.07, 6.45) is 5.93. The van der Waals surface area contributed by atoms with Crippen molar-refractivity contribution in [1.29, 1.82) is 0 Å². The van der Waals surface area contributed by atoms with Gasteiger partial charge in [0.05, 0.1) is 12.0 Å². The summed E-state index contributed by atoms with van der Waals surface area (Å²) in [6, 6.07) is 4.90. The summed E-state index contributed by atoms with van der Waals surface area (Å²) >= 11 is 0. The molecule has 1 aromatic heterocycles. The van der Waals surface area contributed by atoms with Gasteiger partial charge in [-0.1, -0.05) is 6.07 Å². The maximum atomic E-state index is 13.5. The minimum atomic E-state index is -0.203. The quantitative estimate of drug-likeness (QED) is 0.898. The van der Waals surface area contributed by atoms with Gasteiger partial charge in [-0.2, -0.15) is 0 Å². The number of aryl methyl sites for hydroxylation is 1. The summed E-state index contributed by atoms with van der Waals surface area (Å²) in [5.41, 5.74) is 3.15. The number of hydrogen-bond acceptors (Lipinski definition) is 2. The van der Waals surface area contributed by atoms with E-state index in [1.54, 1.807) is 12.4 Å². The van der Waals surface area contributed by atoms with E-state index in [2.05, 4.69) is 10.3 Å². The van der Waals surface area contributed by atoms with Crippen molar-refractivity contribution in [2.45, 2.75) is 25.7 Å². The molecule has 1 saturated heterocycles. The Labute approximate surface area is 112 Å². The lowest BCUT2D eigenvalue weighted by molar-refractivity contribution is 0.449. The SMILES string of the molecule is Cc1ccc(F)cc1-n1cncc1C1CCNCC1. The Morgan fingerprint density at radius 3 is 2.89 bits per heavy atom. The summed E-state index contributed by atoms with van der Waals surface area (Å²) in [4.78, 5) is 4.26. The van der Waals surface area contributed by atoms with Crippen LogP contribution in [0.3, 0.4) is 0 Å². The highest BCUT2D eigenvalue weighted by molar-refractivity contribution is 5.42. The number of nitrogens with zero attached hydrogens (tertiary/aromatic N) is 2. The van der Waals surface area contributed by atoms with E-state index in [1.807, 2.05) is 23.8 Å². The van der Waals surface area contributed by atoms with Crippen molar-refractivity contribution in [1.82, 2.24) is 14.9 Å². The Kier molecular flexibility index (Phi) is 3.34. The lowest BCUT2D eigenvalue weighted by Gasteiger charge is -2.24. The van der Waals surface area contributed by atoms with Crippen LogP contribution in [0.2, 0.25) is 0 Å². The first kappa shape index (κ1) is 12.4. The van der Waals surface area contributed by atoms with Crippen molar-refractivity contribution in [3.63, 3.8) is 0 Å². The average Bonchev–Trinajstić information content (AvgIpc) is 2.91. The van der Waals surface area contributed by atoms with E-state index in [1.165, 1.54) is 11.8 Å². The predicted octanol–water partition coefficient (Wildman–Crippen LogP) is 2.79. The Hall–Kier alpha value is -1.68. The van der Waals surface area contributed by atoms with Gasteiger partial charge in [-0.25, -0.2) is 9.37 Å². The van der Waals surface area contributed by atoms with E-state index in [-0.39, 0.29) is 5.82 Å². The van der Waals surface area contributed by atoms with E-state index in [9.17, 15) is 4.39 Å². The molecular formula is C15H18FN3. The highest BCUT2D eigenvalue weighted by Gasteiger charge is 2.20. The zero-order valence-electron chi connectivity index (χ0n) is 11.1. The van der Waals surface area contributed by atoms with E-state index < -0.39 is 0 Å². The molecule has 1 fully saturated rings. The summed E-state index contributed by atoms with van der Waals surface area (Å²) in [7, 11) is 0. The molecule has 4 heteroatoms. The zero-order chi connectivity index (χ0) is 13.2. The second-order valence-electron chi connectivity index (χ2n) is 5.14. The number of nitrogens with one attached hydrogen (secondary N) is 1. The van der Waals surface area contributed by atoms with Crippen molar-refractivity contribution >= 4 is 0 Å². The second-order valence-corrected chi connectivity index (χ2v) is 5.14. The minimum Gasteiger partial charge on any atom is -0.317 e. The van der Waals surface area contributed by atoms with Crippen LogP contribution in [0.15, 0.2) is 30.7 Å². The molecule has 1 N–H and O–H groups in total. The molecule has 0 spiro atoms. The molecule has 0 saturated carbocycles. The van der Waals surface area contributed by atoms with Crippen molar-refractivity contribution in [3.05, 3.63) is 47.8 Å². The van der Waals surface area contributed by atoms with Gasteiger partial charge in [0.15, 0.2) is 0 Å². The molecule has 0 aliphatic carbocycles. The summed E-state index contributed by atoms with van der Waals surface area (Å²) in [5.74, 6) is 0.303. The maximum absolute atomic E-state index is 13.5. The largest absolute Gasteiger partial charge is 0.317 e. The normalized spacial score (nSPS) is 16.7. The molecule has 2 heterocycles. The molecule has 0 unspecified atom stereocenters. The van der Waals surface area contributed by atoms with Crippen molar-refractivity contribution in [2.75, 3.05) is 13.1 Å². The van der Waals surface area contributed by atoms with Crippen LogP contribution in [0.1, 0.15) is 30.0 Å². The second kappa shape index (κ2) is 5.13. The monoisotopic (exact) mass is 259 g/mol. The minimum absolute atomic E-state index is 0.203. The molecule has 0 amide bonds. The van der Waals surface area contributed by atoms with E-state index >= 15 is 0 Å². The fraction of sp³-hybridized carbons (Fsp3) is 0.400. The van der Waals surface area contributed by atoms with E-state index in [0.29, 0.717) is 5.92 Å². The third-order valence-corrected chi connectivity index (χ3v) is 3.86.